The van der Waals surface area contributed by atoms with Gasteiger partial charge in [-0.1, -0.05) is 35.7 Å². The molecule has 1 saturated heterocycles. The minimum Gasteiger partial charge on any atom is -0.322 e. The molecular formula is C18H18Cl2N2O3S. The summed E-state index contributed by atoms with van der Waals surface area (Å²) < 4.78 is 27.0. The van der Waals surface area contributed by atoms with Gasteiger partial charge in [0, 0.05) is 34.4 Å². The van der Waals surface area contributed by atoms with Crippen LogP contribution in [-0.2, 0) is 10.0 Å². The van der Waals surface area contributed by atoms with E-state index in [1.807, 2.05) is 0 Å². The first kappa shape index (κ1) is 19.2. The van der Waals surface area contributed by atoms with Crippen molar-refractivity contribution in [2.75, 3.05) is 18.4 Å². The maximum absolute atomic E-state index is 12.8. The molecule has 0 aromatic heterocycles. The van der Waals surface area contributed by atoms with Gasteiger partial charge in [-0.05, 0) is 49.2 Å². The first-order chi connectivity index (χ1) is 12.4. The van der Waals surface area contributed by atoms with Crippen molar-refractivity contribution in [3.8, 4) is 0 Å². The van der Waals surface area contributed by atoms with E-state index in [4.69, 9.17) is 23.2 Å². The molecule has 0 radical (unpaired) electrons. The number of anilines is 1. The van der Waals surface area contributed by atoms with Gasteiger partial charge in [-0.25, -0.2) is 8.42 Å². The minimum atomic E-state index is -3.56. The summed E-state index contributed by atoms with van der Waals surface area (Å²) in [6.07, 6.45) is 2.78. The van der Waals surface area contributed by atoms with E-state index in [0.29, 0.717) is 34.4 Å². The van der Waals surface area contributed by atoms with Crippen molar-refractivity contribution in [1.82, 2.24) is 4.31 Å². The number of nitrogens with zero attached hydrogens (tertiary/aromatic N) is 1. The van der Waals surface area contributed by atoms with Crippen LogP contribution in [0.15, 0.2) is 47.4 Å². The molecule has 26 heavy (non-hydrogen) atoms. The van der Waals surface area contributed by atoms with Crippen LogP contribution in [0.25, 0.3) is 0 Å². The summed E-state index contributed by atoms with van der Waals surface area (Å²) in [4.78, 5) is 12.6. The summed E-state index contributed by atoms with van der Waals surface area (Å²) in [6.45, 7) is 1.06. The van der Waals surface area contributed by atoms with Gasteiger partial charge in [-0.15, -0.1) is 0 Å². The Morgan fingerprint density at radius 2 is 1.62 bits per heavy atom. The van der Waals surface area contributed by atoms with E-state index in [1.165, 1.54) is 34.6 Å². The van der Waals surface area contributed by atoms with Gasteiger partial charge in [0.1, 0.15) is 0 Å². The van der Waals surface area contributed by atoms with E-state index >= 15 is 0 Å². The zero-order chi connectivity index (χ0) is 18.7. The van der Waals surface area contributed by atoms with E-state index in [9.17, 15) is 13.2 Å². The molecule has 1 heterocycles. The van der Waals surface area contributed by atoms with Crippen LogP contribution in [0.4, 0.5) is 5.69 Å². The molecule has 1 amide bonds. The highest BCUT2D eigenvalue weighted by Crippen LogP contribution is 2.24. The fourth-order valence-corrected chi connectivity index (χ4v) is 4.97. The summed E-state index contributed by atoms with van der Waals surface area (Å²) in [7, 11) is -3.56. The van der Waals surface area contributed by atoms with Crippen molar-refractivity contribution in [2.24, 2.45) is 0 Å². The molecule has 1 aliphatic rings. The third-order valence-electron chi connectivity index (χ3n) is 4.17. The van der Waals surface area contributed by atoms with Gasteiger partial charge in [0.25, 0.3) is 5.91 Å². The monoisotopic (exact) mass is 412 g/mol. The smallest absolute Gasteiger partial charge is 0.255 e. The van der Waals surface area contributed by atoms with E-state index in [0.717, 1.165) is 19.3 Å². The molecule has 0 atom stereocenters. The number of benzene rings is 2. The summed E-state index contributed by atoms with van der Waals surface area (Å²) in [6, 6.07) is 10.8. The zero-order valence-electron chi connectivity index (χ0n) is 13.9. The lowest BCUT2D eigenvalue weighted by molar-refractivity contribution is 0.102. The number of sulfonamides is 1. The number of amides is 1. The van der Waals surface area contributed by atoms with Crippen LogP contribution < -0.4 is 5.32 Å². The molecule has 0 unspecified atom stereocenters. The van der Waals surface area contributed by atoms with Crippen molar-refractivity contribution in [2.45, 2.75) is 24.2 Å². The van der Waals surface area contributed by atoms with Gasteiger partial charge >= 0.3 is 0 Å². The van der Waals surface area contributed by atoms with Crippen LogP contribution in [0, 0.1) is 0 Å². The third-order valence-corrected chi connectivity index (χ3v) is 6.50. The molecule has 0 spiro atoms. The van der Waals surface area contributed by atoms with Crippen molar-refractivity contribution in [3.63, 3.8) is 0 Å². The van der Waals surface area contributed by atoms with Crippen molar-refractivity contribution in [3.05, 3.63) is 58.1 Å². The van der Waals surface area contributed by atoms with E-state index in [1.54, 1.807) is 12.1 Å². The predicted octanol–water partition coefficient (Wildman–Crippen LogP) is 4.42. The predicted molar refractivity (Wildman–Crippen MR) is 103 cm³/mol. The second-order valence-electron chi connectivity index (χ2n) is 6.10. The van der Waals surface area contributed by atoms with Gasteiger partial charge in [0.2, 0.25) is 10.0 Å². The quantitative estimate of drug-likeness (QED) is 0.807. The lowest BCUT2D eigenvalue weighted by Gasteiger charge is -2.26. The summed E-state index contributed by atoms with van der Waals surface area (Å²) in [5.74, 6) is -0.415. The summed E-state index contributed by atoms with van der Waals surface area (Å²) in [5.41, 5.74) is 0.691. The number of piperidine rings is 1. The van der Waals surface area contributed by atoms with Crippen LogP contribution >= 0.6 is 23.2 Å². The molecule has 1 N–H and O–H groups in total. The number of halogens is 2. The number of hydrogen-bond donors (Lipinski definition) is 1. The first-order valence-electron chi connectivity index (χ1n) is 8.24. The van der Waals surface area contributed by atoms with Gasteiger partial charge in [0.15, 0.2) is 0 Å². The molecule has 8 heteroatoms. The molecule has 0 aliphatic carbocycles. The fourth-order valence-electron chi connectivity index (χ4n) is 2.88. The average molecular weight is 413 g/mol. The van der Waals surface area contributed by atoms with E-state index in [-0.39, 0.29) is 4.90 Å². The highest BCUT2D eigenvalue weighted by molar-refractivity contribution is 7.89. The highest BCUT2D eigenvalue weighted by Gasteiger charge is 2.26. The molecule has 3 rings (SSSR count). The number of hydrogen-bond acceptors (Lipinski definition) is 3. The topological polar surface area (TPSA) is 66.5 Å². The molecule has 2 aromatic carbocycles. The van der Waals surface area contributed by atoms with Crippen LogP contribution in [-0.4, -0.2) is 31.7 Å². The average Bonchev–Trinajstić information content (AvgIpc) is 2.62. The van der Waals surface area contributed by atoms with E-state index in [2.05, 4.69) is 5.32 Å². The van der Waals surface area contributed by atoms with Gasteiger partial charge in [-0.2, -0.15) is 4.31 Å². The van der Waals surface area contributed by atoms with Crippen molar-refractivity contribution >= 4 is 44.8 Å². The van der Waals surface area contributed by atoms with Crippen LogP contribution in [0.5, 0.6) is 0 Å². The maximum Gasteiger partial charge on any atom is 0.255 e. The molecule has 0 saturated carbocycles. The number of nitrogens with one attached hydrogen (secondary N) is 1. The minimum absolute atomic E-state index is 0.168. The zero-order valence-corrected chi connectivity index (χ0v) is 16.2. The van der Waals surface area contributed by atoms with Crippen LogP contribution in [0.3, 0.4) is 0 Å². The summed E-state index contributed by atoms with van der Waals surface area (Å²) >= 11 is 11.8. The molecule has 138 valence electrons. The van der Waals surface area contributed by atoms with Gasteiger partial charge in [-0.3, -0.25) is 4.79 Å². The van der Waals surface area contributed by atoms with Crippen LogP contribution in [0.1, 0.15) is 29.6 Å². The molecule has 1 fully saturated rings. The third kappa shape index (κ3) is 4.38. The Balaban J connectivity index is 1.82. The van der Waals surface area contributed by atoms with Gasteiger partial charge in [0.05, 0.1) is 4.90 Å². The summed E-state index contributed by atoms with van der Waals surface area (Å²) in [5, 5.41) is 3.39. The molecule has 0 bridgehead atoms. The lowest BCUT2D eigenvalue weighted by atomic mass is 10.2. The first-order valence-corrected chi connectivity index (χ1v) is 10.4. The van der Waals surface area contributed by atoms with Crippen LogP contribution in [0.2, 0.25) is 10.0 Å². The largest absolute Gasteiger partial charge is 0.322 e. The Labute approximate surface area is 163 Å². The second kappa shape index (κ2) is 7.96. The number of carbonyl (C=O) groups is 1. The molecule has 5 nitrogen and oxygen atoms in total. The molecule has 1 aliphatic heterocycles. The Kier molecular flexibility index (Phi) is 5.87. The SMILES string of the molecule is O=C(Nc1cccc(S(=O)(=O)N2CCCCC2)c1)c1cc(Cl)cc(Cl)c1. The van der Waals surface area contributed by atoms with Crippen molar-refractivity contribution in [1.29, 1.82) is 0 Å². The Hall–Kier alpha value is -1.60. The number of rotatable bonds is 4. The second-order valence-corrected chi connectivity index (χ2v) is 8.92. The standard InChI is InChI=1S/C18H18Cl2N2O3S/c19-14-9-13(10-15(20)11-14)18(23)21-16-5-4-6-17(12-16)26(24,25)22-7-2-1-3-8-22/h4-6,9-12H,1-3,7-8H2,(H,21,23). The maximum atomic E-state index is 12.8. The normalized spacial score (nSPS) is 15.6. The van der Waals surface area contributed by atoms with Gasteiger partial charge < -0.3 is 5.32 Å². The highest BCUT2D eigenvalue weighted by atomic mass is 35.5. The Morgan fingerprint density at radius 1 is 0.962 bits per heavy atom. The fraction of sp³-hybridized carbons (Fsp3) is 0.278. The van der Waals surface area contributed by atoms with E-state index < -0.39 is 15.9 Å². The Bertz CT molecular complexity index is 906. The molecule has 2 aromatic rings. The Morgan fingerprint density at radius 3 is 2.27 bits per heavy atom. The van der Waals surface area contributed by atoms with Crippen molar-refractivity contribution < 1.29 is 13.2 Å². The lowest BCUT2D eigenvalue weighted by Crippen LogP contribution is -2.35. The molecular weight excluding hydrogens is 395 g/mol. The number of carbonyl (C=O) groups excluding carboxylic acids is 1.